The molecule has 100 valence electrons. The van der Waals surface area contributed by atoms with Crippen LogP contribution in [0.25, 0.3) is 0 Å². The van der Waals surface area contributed by atoms with Crippen molar-refractivity contribution in [2.75, 3.05) is 11.9 Å². The van der Waals surface area contributed by atoms with E-state index in [-0.39, 0.29) is 5.91 Å². The molecule has 2 heterocycles. The molecule has 0 atom stereocenters. The predicted molar refractivity (Wildman–Crippen MR) is 76.5 cm³/mol. The predicted octanol–water partition coefficient (Wildman–Crippen LogP) is 1.91. The minimum absolute atomic E-state index is 0.215. The van der Waals surface area contributed by atoms with E-state index in [0.717, 1.165) is 16.4 Å². The Kier molecular flexibility index (Phi) is 4.24. The molecule has 3 N–H and O–H groups in total. The van der Waals surface area contributed by atoms with Gasteiger partial charge in [0.25, 0.3) is 5.91 Å². The zero-order valence-electron chi connectivity index (χ0n) is 10.9. The molecule has 0 saturated carbocycles. The number of aryl methyl sites for hydroxylation is 2. The van der Waals surface area contributed by atoms with Crippen molar-refractivity contribution in [1.82, 2.24) is 9.97 Å². The standard InChI is InChI=1S/C13H16N4OS/c1-8-3-4-10(9(2)15-8)17-13(18)11-7-19-12(16-11)5-6-14/h3-4,7H,5-6,14H2,1-2H3,(H,17,18). The molecule has 6 heteroatoms. The average Bonchev–Trinajstić information content (AvgIpc) is 2.82. The summed E-state index contributed by atoms with van der Waals surface area (Å²) in [5.74, 6) is -0.215. The van der Waals surface area contributed by atoms with Gasteiger partial charge in [-0.25, -0.2) is 4.98 Å². The average molecular weight is 276 g/mol. The topological polar surface area (TPSA) is 80.9 Å². The zero-order chi connectivity index (χ0) is 13.8. The van der Waals surface area contributed by atoms with Gasteiger partial charge < -0.3 is 11.1 Å². The monoisotopic (exact) mass is 276 g/mol. The normalized spacial score (nSPS) is 10.5. The number of rotatable bonds is 4. The highest BCUT2D eigenvalue weighted by molar-refractivity contribution is 7.09. The number of thiazole rings is 1. The Morgan fingerprint density at radius 1 is 1.37 bits per heavy atom. The molecule has 5 nitrogen and oxygen atoms in total. The van der Waals surface area contributed by atoms with Crippen molar-refractivity contribution in [3.63, 3.8) is 0 Å². The molecule has 0 aliphatic heterocycles. The molecule has 0 aromatic carbocycles. The van der Waals surface area contributed by atoms with Gasteiger partial charge in [0.2, 0.25) is 0 Å². The van der Waals surface area contributed by atoms with Crippen molar-refractivity contribution in [3.8, 4) is 0 Å². The Labute approximate surface area is 115 Å². The summed E-state index contributed by atoms with van der Waals surface area (Å²) in [5, 5.41) is 5.45. The minimum Gasteiger partial charge on any atom is -0.330 e. The lowest BCUT2D eigenvalue weighted by Crippen LogP contribution is -2.14. The van der Waals surface area contributed by atoms with Gasteiger partial charge >= 0.3 is 0 Å². The number of nitrogens with one attached hydrogen (secondary N) is 1. The lowest BCUT2D eigenvalue weighted by molar-refractivity contribution is 0.102. The van der Waals surface area contributed by atoms with Crippen LogP contribution < -0.4 is 11.1 Å². The molecule has 0 fully saturated rings. The van der Waals surface area contributed by atoms with E-state index in [9.17, 15) is 4.79 Å². The van der Waals surface area contributed by atoms with E-state index in [2.05, 4.69) is 15.3 Å². The third-order valence-electron chi connectivity index (χ3n) is 2.62. The van der Waals surface area contributed by atoms with Gasteiger partial charge in [-0.15, -0.1) is 11.3 Å². The highest BCUT2D eigenvalue weighted by Gasteiger charge is 2.12. The summed E-state index contributed by atoms with van der Waals surface area (Å²) >= 11 is 1.45. The quantitative estimate of drug-likeness (QED) is 0.893. The maximum Gasteiger partial charge on any atom is 0.275 e. The number of hydrogen-bond donors (Lipinski definition) is 2. The highest BCUT2D eigenvalue weighted by Crippen LogP contribution is 2.15. The van der Waals surface area contributed by atoms with Crippen molar-refractivity contribution < 1.29 is 4.79 Å². The minimum atomic E-state index is -0.215. The molecule has 0 unspecified atom stereocenters. The number of carbonyl (C=O) groups excluding carboxylic acids is 1. The van der Waals surface area contributed by atoms with Crippen LogP contribution in [0.5, 0.6) is 0 Å². The second kappa shape index (κ2) is 5.90. The summed E-state index contributed by atoms with van der Waals surface area (Å²) in [6.45, 7) is 4.32. The molecule has 0 radical (unpaired) electrons. The summed E-state index contributed by atoms with van der Waals surface area (Å²) in [4.78, 5) is 20.6. The first-order valence-electron chi connectivity index (χ1n) is 6.00. The van der Waals surface area contributed by atoms with Crippen LogP contribution in [-0.4, -0.2) is 22.4 Å². The fraction of sp³-hybridized carbons (Fsp3) is 0.308. The van der Waals surface area contributed by atoms with Crippen LogP contribution in [0.4, 0.5) is 5.69 Å². The lowest BCUT2D eigenvalue weighted by Gasteiger charge is -2.06. The van der Waals surface area contributed by atoms with Gasteiger partial charge in [-0.2, -0.15) is 0 Å². The largest absolute Gasteiger partial charge is 0.330 e. The molecule has 0 aliphatic rings. The smallest absolute Gasteiger partial charge is 0.275 e. The maximum absolute atomic E-state index is 12.0. The van der Waals surface area contributed by atoms with Crippen molar-refractivity contribution in [3.05, 3.63) is 39.6 Å². The first kappa shape index (κ1) is 13.6. The summed E-state index contributed by atoms with van der Waals surface area (Å²) in [6.07, 6.45) is 0.697. The van der Waals surface area contributed by atoms with Crippen molar-refractivity contribution in [2.45, 2.75) is 20.3 Å². The summed E-state index contributed by atoms with van der Waals surface area (Å²) < 4.78 is 0. The van der Waals surface area contributed by atoms with Crippen LogP contribution in [0, 0.1) is 13.8 Å². The summed E-state index contributed by atoms with van der Waals surface area (Å²) in [6, 6.07) is 3.71. The van der Waals surface area contributed by atoms with Gasteiger partial charge in [0.15, 0.2) is 0 Å². The molecular formula is C13H16N4OS. The van der Waals surface area contributed by atoms with Crippen molar-refractivity contribution in [1.29, 1.82) is 0 Å². The fourth-order valence-corrected chi connectivity index (χ4v) is 2.45. The zero-order valence-corrected chi connectivity index (χ0v) is 11.8. The molecule has 1 amide bonds. The SMILES string of the molecule is Cc1ccc(NC(=O)c2csc(CCN)n2)c(C)n1. The van der Waals surface area contributed by atoms with Crippen LogP contribution in [0.3, 0.4) is 0 Å². The van der Waals surface area contributed by atoms with E-state index in [4.69, 9.17) is 5.73 Å². The van der Waals surface area contributed by atoms with E-state index < -0.39 is 0 Å². The Balaban J connectivity index is 2.11. The van der Waals surface area contributed by atoms with Gasteiger partial charge in [-0.05, 0) is 32.5 Å². The number of nitrogens with two attached hydrogens (primary N) is 1. The van der Waals surface area contributed by atoms with Crippen LogP contribution in [0.2, 0.25) is 0 Å². The number of carbonyl (C=O) groups is 1. The van der Waals surface area contributed by atoms with E-state index in [1.54, 1.807) is 5.38 Å². The molecule has 0 aliphatic carbocycles. The third-order valence-corrected chi connectivity index (χ3v) is 3.52. The van der Waals surface area contributed by atoms with Crippen LogP contribution in [-0.2, 0) is 6.42 Å². The number of amides is 1. The van der Waals surface area contributed by atoms with Crippen LogP contribution >= 0.6 is 11.3 Å². The second-order valence-electron chi connectivity index (χ2n) is 4.20. The number of nitrogens with zero attached hydrogens (tertiary/aromatic N) is 2. The third kappa shape index (κ3) is 3.36. The lowest BCUT2D eigenvalue weighted by atomic mass is 10.2. The van der Waals surface area contributed by atoms with E-state index in [1.807, 2.05) is 26.0 Å². The van der Waals surface area contributed by atoms with Crippen molar-refractivity contribution in [2.24, 2.45) is 5.73 Å². The van der Waals surface area contributed by atoms with E-state index >= 15 is 0 Å². The fourth-order valence-electron chi connectivity index (χ4n) is 1.66. The van der Waals surface area contributed by atoms with Gasteiger partial charge in [-0.1, -0.05) is 0 Å². The number of pyridine rings is 1. The Hall–Kier alpha value is -1.79. The molecule has 2 aromatic rings. The van der Waals surface area contributed by atoms with Crippen molar-refractivity contribution >= 4 is 22.9 Å². The first-order chi connectivity index (χ1) is 9.10. The highest BCUT2D eigenvalue weighted by atomic mass is 32.1. The summed E-state index contributed by atoms with van der Waals surface area (Å²) in [7, 11) is 0. The van der Waals surface area contributed by atoms with E-state index in [0.29, 0.717) is 24.3 Å². The molecule has 2 aromatic heterocycles. The van der Waals surface area contributed by atoms with E-state index in [1.165, 1.54) is 11.3 Å². The molecule has 0 spiro atoms. The van der Waals surface area contributed by atoms with Crippen LogP contribution in [0.1, 0.15) is 26.9 Å². The second-order valence-corrected chi connectivity index (χ2v) is 5.15. The Bertz CT molecular complexity index is 594. The van der Waals surface area contributed by atoms with Gasteiger partial charge in [0.05, 0.1) is 16.4 Å². The molecular weight excluding hydrogens is 260 g/mol. The van der Waals surface area contributed by atoms with Crippen LogP contribution in [0.15, 0.2) is 17.5 Å². The molecule has 2 rings (SSSR count). The molecule has 0 bridgehead atoms. The molecule has 0 saturated heterocycles. The van der Waals surface area contributed by atoms with Gasteiger partial charge in [0.1, 0.15) is 5.69 Å². The van der Waals surface area contributed by atoms with Gasteiger partial charge in [-0.3, -0.25) is 9.78 Å². The molecule has 19 heavy (non-hydrogen) atoms. The number of aromatic nitrogens is 2. The maximum atomic E-state index is 12.0. The first-order valence-corrected chi connectivity index (χ1v) is 6.88. The number of anilines is 1. The number of hydrogen-bond acceptors (Lipinski definition) is 5. The summed E-state index contributed by atoms with van der Waals surface area (Å²) in [5.41, 5.74) is 8.32. The Morgan fingerprint density at radius 2 is 2.16 bits per heavy atom. The Morgan fingerprint density at radius 3 is 2.84 bits per heavy atom. The van der Waals surface area contributed by atoms with Gasteiger partial charge in [0, 0.05) is 17.5 Å².